The predicted molar refractivity (Wildman–Crippen MR) is 279 cm³/mol. The van der Waals surface area contributed by atoms with Gasteiger partial charge in [-0.1, -0.05) is 170 Å². The Morgan fingerprint density at radius 1 is 0.358 bits per heavy atom. The lowest BCUT2D eigenvalue weighted by atomic mass is 9.70. The number of anilines is 3. The predicted octanol–water partition coefficient (Wildman–Crippen LogP) is 16.8. The van der Waals surface area contributed by atoms with Crippen LogP contribution in [0.25, 0.3) is 72.0 Å². The van der Waals surface area contributed by atoms with Crippen LogP contribution in [0.4, 0.5) is 17.1 Å². The van der Waals surface area contributed by atoms with Gasteiger partial charge >= 0.3 is 0 Å². The molecule has 0 N–H and O–H groups in total. The van der Waals surface area contributed by atoms with Crippen LogP contribution in [-0.4, -0.2) is 4.57 Å². The fourth-order valence-corrected chi connectivity index (χ4v) is 12.4. The largest absolute Gasteiger partial charge is 0.310 e. The van der Waals surface area contributed by atoms with Crippen LogP contribution >= 0.6 is 0 Å². The van der Waals surface area contributed by atoms with Gasteiger partial charge in [-0.15, -0.1) is 0 Å². The number of hydrogen-bond donors (Lipinski definition) is 0. The third-order valence-electron chi connectivity index (χ3n) is 15.2. The number of rotatable bonds is 6. The van der Waals surface area contributed by atoms with Crippen LogP contribution in [0, 0.1) is 0 Å². The first-order valence-corrected chi connectivity index (χ1v) is 23.9. The third-order valence-corrected chi connectivity index (χ3v) is 15.2. The summed E-state index contributed by atoms with van der Waals surface area (Å²) in [7, 11) is 0. The number of fused-ring (bicyclic) bond motifs is 14. The fraction of sp³-hybridized carbons (Fsp3) is 0.0769. The van der Waals surface area contributed by atoms with Crippen LogP contribution in [0.5, 0.6) is 0 Å². The molecule has 1 spiro atoms. The van der Waals surface area contributed by atoms with Gasteiger partial charge < -0.3 is 9.47 Å². The molecule has 11 aromatic rings. The van der Waals surface area contributed by atoms with E-state index in [2.05, 4.69) is 240 Å². The molecule has 316 valence electrons. The highest BCUT2D eigenvalue weighted by molar-refractivity contribution is 6.09. The molecule has 14 rings (SSSR count). The van der Waals surface area contributed by atoms with Crippen molar-refractivity contribution in [1.29, 1.82) is 0 Å². The van der Waals surface area contributed by atoms with E-state index in [1.807, 2.05) is 0 Å². The lowest BCUT2D eigenvalue weighted by molar-refractivity contribution is 0.687. The standard InChI is InChI=1S/C65H46N2/c1-2-19-46(20-3-1)66(47-37-39-48(40-38-47)67-62-31-14-9-25-54(62)55-26-10-15-32-63(55)67)64-42-61-57(41-56(64)45-35-33-44(34-36-45)50-27-16-18-43-17-4-5-21-49(43)50)53-24-8-13-30-60(53)65(61)58-28-11-6-22-51(58)52-23-7-12-29-59(52)65/h1-3,6-16,18-20,22-42H,4-5,17,21H2. The van der Waals surface area contributed by atoms with Crippen molar-refractivity contribution in [2.45, 2.75) is 31.1 Å². The van der Waals surface area contributed by atoms with Crippen molar-refractivity contribution >= 4 is 38.9 Å². The smallest absolute Gasteiger partial charge is 0.0726 e. The summed E-state index contributed by atoms with van der Waals surface area (Å²) in [5.41, 5.74) is 25.1. The Labute approximate surface area is 391 Å². The van der Waals surface area contributed by atoms with Crippen LogP contribution in [0.3, 0.4) is 0 Å². The molecule has 3 aliphatic carbocycles. The Morgan fingerprint density at radius 2 is 0.866 bits per heavy atom. The summed E-state index contributed by atoms with van der Waals surface area (Å²) in [4.78, 5) is 2.50. The van der Waals surface area contributed by atoms with E-state index in [4.69, 9.17) is 0 Å². The molecule has 0 bridgehead atoms. The summed E-state index contributed by atoms with van der Waals surface area (Å²) >= 11 is 0. The number of para-hydroxylation sites is 3. The molecule has 3 aliphatic rings. The van der Waals surface area contributed by atoms with Crippen LogP contribution in [-0.2, 0) is 18.3 Å². The molecule has 10 aromatic carbocycles. The van der Waals surface area contributed by atoms with Gasteiger partial charge in [0.2, 0.25) is 0 Å². The fourth-order valence-electron chi connectivity index (χ4n) is 12.4. The van der Waals surface area contributed by atoms with Crippen molar-refractivity contribution in [2.75, 3.05) is 4.90 Å². The Hall–Kier alpha value is -8.20. The lowest BCUT2D eigenvalue weighted by Gasteiger charge is -2.33. The summed E-state index contributed by atoms with van der Waals surface area (Å²) in [5.74, 6) is 0. The SMILES string of the molecule is c1ccc(N(c2ccc(-n3c4ccccc4c4ccccc43)cc2)c2cc3c(cc2-c2ccc(-c4cccc5c4CCCC5)cc2)-c2ccccc2C32c3ccccc3-c3ccccc32)cc1. The Kier molecular flexibility index (Phi) is 8.48. The minimum Gasteiger partial charge on any atom is -0.310 e. The number of nitrogens with zero attached hydrogens (tertiary/aromatic N) is 2. The van der Waals surface area contributed by atoms with Gasteiger partial charge in [0.05, 0.1) is 22.1 Å². The van der Waals surface area contributed by atoms with E-state index in [1.165, 1.54) is 119 Å². The second-order valence-electron chi connectivity index (χ2n) is 18.6. The van der Waals surface area contributed by atoms with Gasteiger partial charge in [-0.3, -0.25) is 0 Å². The second-order valence-corrected chi connectivity index (χ2v) is 18.6. The Balaban J connectivity index is 1.02. The van der Waals surface area contributed by atoms with E-state index < -0.39 is 5.41 Å². The first kappa shape index (κ1) is 38.1. The highest BCUT2D eigenvalue weighted by Crippen LogP contribution is 2.64. The van der Waals surface area contributed by atoms with Crippen molar-refractivity contribution in [3.63, 3.8) is 0 Å². The van der Waals surface area contributed by atoms with Crippen LogP contribution in [0.15, 0.2) is 231 Å². The van der Waals surface area contributed by atoms with Gasteiger partial charge in [-0.2, -0.15) is 0 Å². The summed E-state index contributed by atoms with van der Waals surface area (Å²) < 4.78 is 2.41. The lowest BCUT2D eigenvalue weighted by Crippen LogP contribution is -2.26. The number of hydrogen-bond acceptors (Lipinski definition) is 1. The van der Waals surface area contributed by atoms with Crippen LogP contribution < -0.4 is 4.90 Å². The van der Waals surface area contributed by atoms with Gasteiger partial charge in [-0.25, -0.2) is 0 Å². The average Bonchev–Trinajstić information content (AvgIpc) is 4.01. The zero-order valence-electron chi connectivity index (χ0n) is 37.2. The molecule has 0 saturated heterocycles. The molecule has 2 heteroatoms. The number of aromatic nitrogens is 1. The Bertz CT molecular complexity index is 3640. The van der Waals surface area contributed by atoms with Crippen molar-refractivity contribution in [3.05, 3.63) is 264 Å². The molecule has 0 radical (unpaired) electrons. The highest BCUT2D eigenvalue weighted by atomic mass is 15.1. The number of aryl methyl sites for hydroxylation is 1. The van der Waals surface area contributed by atoms with Gasteiger partial charge in [0, 0.05) is 33.4 Å². The van der Waals surface area contributed by atoms with Crippen molar-refractivity contribution in [2.24, 2.45) is 0 Å². The molecule has 2 nitrogen and oxygen atoms in total. The molecule has 67 heavy (non-hydrogen) atoms. The summed E-state index contributed by atoms with van der Waals surface area (Å²) in [6, 6.07) is 86.6. The van der Waals surface area contributed by atoms with E-state index in [0.29, 0.717) is 0 Å². The average molecular weight is 855 g/mol. The molecule has 0 amide bonds. The molecule has 0 saturated carbocycles. The van der Waals surface area contributed by atoms with E-state index in [-0.39, 0.29) is 0 Å². The van der Waals surface area contributed by atoms with Crippen molar-refractivity contribution in [3.8, 4) is 50.2 Å². The zero-order valence-corrected chi connectivity index (χ0v) is 37.2. The second kappa shape index (κ2) is 14.9. The zero-order chi connectivity index (χ0) is 44.1. The molecule has 0 unspecified atom stereocenters. The molecule has 0 aliphatic heterocycles. The summed E-state index contributed by atoms with van der Waals surface area (Å²) in [5, 5.41) is 2.53. The molecule has 0 fully saturated rings. The van der Waals surface area contributed by atoms with E-state index in [9.17, 15) is 0 Å². The normalized spacial score (nSPS) is 13.9. The number of benzene rings is 10. The maximum Gasteiger partial charge on any atom is 0.0726 e. The van der Waals surface area contributed by atoms with E-state index in [1.54, 1.807) is 0 Å². The molecule has 1 aromatic heterocycles. The molecular formula is C65H46N2. The minimum absolute atomic E-state index is 0.481. The topological polar surface area (TPSA) is 8.17 Å². The van der Waals surface area contributed by atoms with Gasteiger partial charge in [0.25, 0.3) is 0 Å². The quantitative estimate of drug-likeness (QED) is 0.162. The van der Waals surface area contributed by atoms with Crippen LogP contribution in [0.2, 0.25) is 0 Å². The Morgan fingerprint density at radius 3 is 1.51 bits per heavy atom. The van der Waals surface area contributed by atoms with Crippen LogP contribution in [0.1, 0.15) is 46.2 Å². The molecule has 0 atom stereocenters. The monoisotopic (exact) mass is 854 g/mol. The first-order chi connectivity index (χ1) is 33.3. The molecular weight excluding hydrogens is 809 g/mol. The molecule has 1 heterocycles. The first-order valence-electron chi connectivity index (χ1n) is 23.9. The maximum absolute atomic E-state index is 2.55. The van der Waals surface area contributed by atoms with E-state index >= 15 is 0 Å². The van der Waals surface area contributed by atoms with E-state index in [0.717, 1.165) is 29.2 Å². The summed E-state index contributed by atoms with van der Waals surface area (Å²) in [6.07, 6.45) is 4.86. The summed E-state index contributed by atoms with van der Waals surface area (Å²) in [6.45, 7) is 0. The van der Waals surface area contributed by atoms with Crippen molar-refractivity contribution < 1.29 is 0 Å². The van der Waals surface area contributed by atoms with Gasteiger partial charge in [-0.05, 0) is 159 Å². The van der Waals surface area contributed by atoms with Gasteiger partial charge in [0.1, 0.15) is 0 Å². The maximum atomic E-state index is 2.55. The highest BCUT2D eigenvalue weighted by Gasteiger charge is 2.52. The van der Waals surface area contributed by atoms with Crippen molar-refractivity contribution in [1.82, 2.24) is 4.57 Å². The minimum atomic E-state index is -0.481. The third kappa shape index (κ3) is 5.57. The van der Waals surface area contributed by atoms with Gasteiger partial charge in [0.15, 0.2) is 0 Å².